The van der Waals surface area contributed by atoms with E-state index in [1.54, 1.807) is 12.1 Å². The number of amidine groups is 1. The van der Waals surface area contributed by atoms with Crippen molar-refractivity contribution in [3.8, 4) is 0 Å². The molecule has 0 heterocycles. The average molecular weight is 359 g/mol. The van der Waals surface area contributed by atoms with Crippen molar-refractivity contribution < 1.29 is 4.39 Å². The lowest BCUT2D eigenvalue weighted by Gasteiger charge is -2.29. The number of benzene rings is 1. The molecule has 1 rings (SSSR count). The van der Waals surface area contributed by atoms with Gasteiger partial charge >= 0.3 is 0 Å². The quantitative estimate of drug-likeness (QED) is 0.581. The molecule has 0 saturated carbocycles. The number of nitrogens with zero attached hydrogens (tertiary/aromatic N) is 2. The van der Waals surface area contributed by atoms with Crippen molar-refractivity contribution in [3.63, 3.8) is 0 Å². The van der Waals surface area contributed by atoms with Crippen molar-refractivity contribution in [2.45, 2.75) is 13.8 Å². The van der Waals surface area contributed by atoms with Gasteiger partial charge in [-0.15, -0.1) is 0 Å². The van der Waals surface area contributed by atoms with E-state index in [4.69, 9.17) is 11.1 Å². The highest BCUT2D eigenvalue weighted by atomic mass is 79.9. The molecule has 0 bridgehead atoms. The average Bonchev–Trinajstić information content (AvgIpc) is 2.37. The first-order valence-corrected chi connectivity index (χ1v) is 7.75. The lowest BCUT2D eigenvalue weighted by atomic mass is 10.1. The fourth-order valence-electron chi connectivity index (χ4n) is 2.06. The minimum Gasteiger partial charge on any atom is -0.384 e. The molecule has 0 amide bonds. The number of hydrogen-bond acceptors (Lipinski definition) is 3. The molecule has 6 heteroatoms. The van der Waals surface area contributed by atoms with Gasteiger partial charge in [-0.05, 0) is 48.1 Å². The number of nitrogen functional groups attached to an aromatic ring is 1. The zero-order valence-corrected chi connectivity index (χ0v) is 14.7. The van der Waals surface area contributed by atoms with Gasteiger partial charge in [-0.25, -0.2) is 4.39 Å². The summed E-state index contributed by atoms with van der Waals surface area (Å²) < 4.78 is 14.8. The Morgan fingerprint density at radius 2 is 1.95 bits per heavy atom. The third-order valence-electron chi connectivity index (χ3n) is 3.10. The zero-order chi connectivity index (χ0) is 16.2. The molecule has 1 aromatic carbocycles. The van der Waals surface area contributed by atoms with E-state index in [0.717, 1.165) is 19.6 Å². The summed E-state index contributed by atoms with van der Waals surface area (Å²) in [5.41, 5.74) is 6.38. The summed E-state index contributed by atoms with van der Waals surface area (Å²) in [7, 11) is 4.00. The van der Waals surface area contributed by atoms with Crippen molar-refractivity contribution in [2.24, 2.45) is 11.7 Å². The number of nitrogens with one attached hydrogen (secondary N) is 1. The van der Waals surface area contributed by atoms with E-state index in [9.17, 15) is 4.39 Å². The minimum atomic E-state index is -0.359. The number of rotatable bonds is 7. The predicted octanol–water partition coefficient (Wildman–Crippen LogP) is 2.90. The van der Waals surface area contributed by atoms with Gasteiger partial charge in [0, 0.05) is 25.2 Å². The van der Waals surface area contributed by atoms with Gasteiger partial charge in [0.15, 0.2) is 5.82 Å². The van der Waals surface area contributed by atoms with Gasteiger partial charge in [-0.1, -0.05) is 13.8 Å². The molecular formula is C15H24BrFN4. The summed E-state index contributed by atoms with van der Waals surface area (Å²) in [5.74, 6) is -0.0732. The Kier molecular flexibility index (Phi) is 6.61. The Morgan fingerprint density at radius 3 is 2.43 bits per heavy atom. The van der Waals surface area contributed by atoms with E-state index in [1.165, 1.54) is 0 Å². The molecule has 118 valence electrons. The molecule has 0 atom stereocenters. The highest BCUT2D eigenvalue weighted by Crippen LogP contribution is 2.29. The lowest BCUT2D eigenvalue weighted by Crippen LogP contribution is -2.35. The van der Waals surface area contributed by atoms with Gasteiger partial charge in [0.05, 0.1) is 10.2 Å². The van der Waals surface area contributed by atoms with Crippen LogP contribution in [0.3, 0.4) is 0 Å². The van der Waals surface area contributed by atoms with Crippen LogP contribution < -0.4 is 10.6 Å². The van der Waals surface area contributed by atoms with Crippen LogP contribution in [0.25, 0.3) is 0 Å². The van der Waals surface area contributed by atoms with E-state index in [-0.39, 0.29) is 16.1 Å². The Morgan fingerprint density at radius 1 is 1.33 bits per heavy atom. The molecule has 0 aliphatic rings. The van der Waals surface area contributed by atoms with Crippen LogP contribution in [0.1, 0.15) is 19.4 Å². The number of halogens is 2. The second-order valence-electron chi connectivity index (χ2n) is 5.82. The smallest absolute Gasteiger partial charge is 0.161 e. The molecule has 0 aromatic heterocycles. The normalized spacial score (nSPS) is 11.2. The fourth-order valence-corrected chi connectivity index (χ4v) is 2.61. The van der Waals surface area contributed by atoms with Crippen LogP contribution in [0.4, 0.5) is 10.1 Å². The Hall–Kier alpha value is -1.14. The third-order valence-corrected chi connectivity index (χ3v) is 3.87. The predicted molar refractivity (Wildman–Crippen MR) is 90.7 cm³/mol. The van der Waals surface area contributed by atoms with Crippen molar-refractivity contribution in [1.82, 2.24) is 4.90 Å². The van der Waals surface area contributed by atoms with Crippen molar-refractivity contribution >= 4 is 27.5 Å². The first kappa shape index (κ1) is 17.9. The van der Waals surface area contributed by atoms with E-state index < -0.39 is 0 Å². The van der Waals surface area contributed by atoms with E-state index in [0.29, 0.717) is 17.2 Å². The molecule has 0 saturated heterocycles. The van der Waals surface area contributed by atoms with Gasteiger partial charge < -0.3 is 15.5 Å². The van der Waals surface area contributed by atoms with Crippen molar-refractivity contribution in [2.75, 3.05) is 38.6 Å². The molecule has 3 N–H and O–H groups in total. The maximum absolute atomic E-state index is 14.6. The van der Waals surface area contributed by atoms with E-state index >= 15 is 0 Å². The Balaban J connectivity index is 3.12. The van der Waals surface area contributed by atoms with Gasteiger partial charge in [0.1, 0.15) is 5.84 Å². The van der Waals surface area contributed by atoms with Gasteiger partial charge in [0.25, 0.3) is 0 Å². The number of nitrogens with two attached hydrogens (primary N) is 1. The number of hydrogen-bond donors (Lipinski definition) is 2. The standard InChI is InChI=1S/C15H24BrFN4/c1-10(2)9-21(8-7-20(3)4)12-6-5-11(15(18)19)13(16)14(12)17/h5-6,10H,7-9H2,1-4H3,(H3,18,19). The summed E-state index contributed by atoms with van der Waals surface area (Å²) in [4.78, 5) is 4.11. The summed E-state index contributed by atoms with van der Waals surface area (Å²) in [6.07, 6.45) is 0. The van der Waals surface area contributed by atoms with Gasteiger partial charge in [0.2, 0.25) is 0 Å². The Bertz CT molecular complexity index is 503. The van der Waals surface area contributed by atoms with Crippen LogP contribution in [-0.4, -0.2) is 44.5 Å². The molecule has 4 nitrogen and oxygen atoms in total. The maximum Gasteiger partial charge on any atom is 0.161 e. The molecule has 0 fully saturated rings. The summed E-state index contributed by atoms with van der Waals surface area (Å²) in [6.45, 7) is 6.59. The van der Waals surface area contributed by atoms with Crippen molar-refractivity contribution in [1.29, 1.82) is 5.41 Å². The second kappa shape index (κ2) is 7.75. The highest BCUT2D eigenvalue weighted by molar-refractivity contribution is 9.10. The molecule has 0 radical (unpaired) electrons. The highest BCUT2D eigenvalue weighted by Gasteiger charge is 2.18. The van der Waals surface area contributed by atoms with Crippen LogP contribution in [-0.2, 0) is 0 Å². The maximum atomic E-state index is 14.6. The van der Waals surface area contributed by atoms with Crippen LogP contribution in [0.2, 0.25) is 0 Å². The van der Waals surface area contributed by atoms with Crippen molar-refractivity contribution in [3.05, 3.63) is 28.0 Å². The molecule has 0 spiro atoms. The molecular weight excluding hydrogens is 335 g/mol. The van der Waals surface area contributed by atoms with Crippen LogP contribution in [0.5, 0.6) is 0 Å². The van der Waals surface area contributed by atoms with Crippen LogP contribution in [0.15, 0.2) is 16.6 Å². The van der Waals surface area contributed by atoms with Gasteiger partial charge in [-0.2, -0.15) is 0 Å². The lowest BCUT2D eigenvalue weighted by molar-refractivity contribution is 0.407. The molecule has 0 aliphatic carbocycles. The molecule has 0 aliphatic heterocycles. The number of anilines is 1. The Labute approximate surface area is 134 Å². The number of likely N-dealkylation sites (N-methyl/N-ethyl adjacent to an activating group) is 1. The first-order chi connectivity index (χ1) is 9.73. The van der Waals surface area contributed by atoms with Crippen LogP contribution >= 0.6 is 15.9 Å². The zero-order valence-electron chi connectivity index (χ0n) is 13.1. The third kappa shape index (κ3) is 4.97. The first-order valence-electron chi connectivity index (χ1n) is 6.96. The molecule has 0 unspecified atom stereocenters. The SMILES string of the molecule is CC(C)CN(CCN(C)C)c1ccc(C(=N)N)c(Br)c1F. The summed E-state index contributed by atoms with van der Waals surface area (Å²) >= 11 is 3.21. The van der Waals surface area contributed by atoms with E-state index in [2.05, 4.69) is 34.7 Å². The topological polar surface area (TPSA) is 56.4 Å². The fraction of sp³-hybridized carbons (Fsp3) is 0.533. The van der Waals surface area contributed by atoms with Crippen LogP contribution in [0, 0.1) is 17.1 Å². The minimum absolute atomic E-state index is 0.143. The molecule has 1 aromatic rings. The monoisotopic (exact) mass is 358 g/mol. The largest absolute Gasteiger partial charge is 0.384 e. The molecule has 21 heavy (non-hydrogen) atoms. The van der Waals surface area contributed by atoms with Gasteiger partial charge in [-0.3, -0.25) is 5.41 Å². The second-order valence-corrected chi connectivity index (χ2v) is 6.61. The summed E-state index contributed by atoms with van der Waals surface area (Å²) in [5, 5.41) is 7.46. The summed E-state index contributed by atoms with van der Waals surface area (Å²) in [6, 6.07) is 3.39. The van der Waals surface area contributed by atoms with E-state index in [1.807, 2.05) is 19.0 Å².